The van der Waals surface area contributed by atoms with E-state index in [1.807, 2.05) is 0 Å². The number of nitrogens with zero attached hydrogens (tertiary/aromatic N) is 2. The van der Waals surface area contributed by atoms with E-state index in [9.17, 15) is 0 Å². The predicted molar refractivity (Wildman–Crippen MR) is 89.3 cm³/mol. The van der Waals surface area contributed by atoms with Crippen molar-refractivity contribution in [2.75, 3.05) is 0 Å². The first-order valence-electron chi connectivity index (χ1n) is 8.46. The molecule has 1 aromatic heterocycles. The highest BCUT2D eigenvalue weighted by molar-refractivity contribution is 6.49. The van der Waals surface area contributed by atoms with Gasteiger partial charge in [0.2, 0.25) is 0 Å². The SMILES string of the molecule is Cc1nn(C(C)C)c(C)c1C1CC1B1OC(C)(C)C(C)(C)O1. The molecule has 1 aromatic rings. The van der Waals surface area contributed by atoms with Crippen molar-refractivity contribution in [3.05, 3.63) is 17.0 Å². The van der Waals surface area contributed by atoms with Gasteiger partial charge in [-0.3, -0.25) is 4.68 Å². The highest BCUT2D eigenvalue weighted by atomic mass is 16.7. The minimum atomic E-state index is -0.239. The van der Waals surface area contributed by atoms with Crippen molar-refractivity contribution in [1.82, 2.24) is 9.78 Å². The van der Waals surface area contributed by atoms with Crippen molar-refractivity contribution in [1.29, 1.82) is 0 Å². The molecule has 1 saturated carbocycles. The number of hydrogen-bond acceptors (Lipinski definition) is 3. The molecule has 2 aliphatic rings. The van der Waals surface area contributed by atoms with Gasteiger partial charge in [-0.15, -0.1) is 0 Å². The maximum atomic E-state index is 6.22. The predicted octanol–water partition coefficient (Wildman–Crippen LogP) is 4.03. The monoisotopic (exact) mass is 304 g/mol. The summed E-state index contributed by atoms with van der Waals surface area (Å²) in [5, 5.41) is 4.72. The van der Waals surface area contributed by atoms with Crippen molar-refractivity contribution in [2.45, 2.75) is 90.8 Å². The second-order valence-corrected chi connectivity index (χ2v) is 8.25. The molecule has 3 rings (SSSR count). The van der Waals surface area contributed by atoms with E-state index in [0.717, 1.165) is 12.1 Å². The summed E-state index contributed by atoms with van der Waals surface area (Å²) in [4.78, 5) is 0. The Morgan fingerprint density at radius 2 is 1.68 bits per heavy atom. The average molecular weight is 304 g/mol. The van der Waals surface area contributed by atoms with Crippen LogP contribution in [0.1, 0.15) is 76.9 Å². The van der Waals surface area contributed by atoms with E-state index in [0.29, 0.717) is 17.8 Å². The lowest BCUT2D eigenvalue weighted by Gasteiger charge is -2.32. The zero-order valence-electron chi connectivity index (χ0n) is 15.2. The summed E-state index contributed by atoms with van der Waals surface area (Å²) in [6.45, 7) is 17.2. The van der Waals surface area contributed by atoms with Gasteiger partial charge in [0.05, 0.1) is 16.9 Å². The maximum absolute atomic E-state index is 6.22. The van der Waals surface area contributed by atoms with E-state index in [4.69, 9.17) is 14.4 Å². The van der Waals surface area contributed by atoms with Crippen LogP contribution in [-0.2, 0) is 9.31 Å². The fourth-order valence-electron chi connectivity index (χ4n) is 3.63. The minimum absolute atomic E-state index is 0.0869. The molecular formula is C17H29BN2O2. The lowest BCUT2D eigenvalue weighted by molar-refractivity contribution is 0.00578. The second-order valence-electron chi connectivity index (χ2n) is 8.25. The van der Waals surface area contributed by atoms with E-state index >= 15 is 0 Å². The average Bonchev–Trinajstić information content (AvgIpc) is 3.02. The van der Waals surface area contributed by atoms with E-state index < -0.39 is 0 Å². The van der Waals surface area contributed by atoms with Crippen LogP contribution in [0.15, 0.2) is 0 Å². The Hall–Kier alpha value is -0.805. The molecule has 2 heterocycles. The fraction of sp³-hybridized carbons (Fsp3) is 0.824. The van der Waals surface area contributed by atoms with Gasteiger partial charge in [-0.1, -0.05) is 0 Å². The second kappa shape index (κ2) is 4.84. The number of rotatable bonds is 3. The molecule has 0 bridgehead atoms. The lowest BCUT2D eigenvalue weighted by atomic mass is 9.79. The van der Waals surface area contributed by atoms with Gasteiger partial charge in [0.1, 0.15) is 0 Å². The Bertz CT molecular complexity index is 576. The molecule has 122 valence electrons. The van der Waals surface area contributed by atoms with Gasteiger partial charge in [-0.2, -0.15) is 5.10 Å². The van der Waals surface area contributed by atoms with Crippen molar-refractivity contribution < 1.29 is 9.31 Å². The molecule has 1 aliphatic carbocycles. The lowest BCUT2D eigenvalue weighted by Crippen LogP contribution is -2.41. The summed E-state index contributed by atoms with van der Waals surface area (Å²) < 4.78 is 14.6. The molecular weight excluding hydrogens is 275 g/mol. The van der Waals surface area contributed by atoms with Gasteiger partial charge in [-0.25, -0.2) is 0 Å². The standard InChI is InChI=1S/C17H29BN2O2/c1-10(2)20-12(4)15(11(3)19-20)13-9-14(13)18-21-16(5,6)17(7,8)22-18/h10,13-14H,9H2,1-8H3. The quantitative estimate of drug-likeness (QED) is 0.791. The fourth-order valence-corrected chi connectivity index (χ4v) is 3.63. The molecule has 4 nitrogen and oxygen atoms in total. The largest absolute Gasteiger partial charge is 0.461 e. The maximum Gasteiger partial charge on any atom is 0.461 e. The highest BCUT2D eigenvalue weighted by Gasteiger charge is 2.60. The Morgan fingerprint density at radius 1 is 1.14 bits per heavy atom. The molecule has 0 aromatic carbocycles. The van der Waals surface area contributed by atoms with Gasteiger partial charge < -0.3 is 9.31 Å². The molecule has 0 N–H and O–H groups in total. The summed E-state index contributed by atoms with van der Waals surface area (Å²) in [5.74, 6) is 0.991. The summed E-state index contributed by atoms with van der Waals surface area (Å²) in [5.41, 5.74) is 3.40. The van der Waals surface area contributed by atoms with Crippen molar-refractivity contribution in [2.24, 2.45) is 0 Å². The third kappa shape index (κ3) is 2.33. The molecule has 22 heavy (non-hydrogen) atoms. The normalized spacial score (nSPS) is 29.4. The smallest absolute Gasteiger partial charge is 0.403 e. The summed E-state index contributed by atoms with van der Waals surface area (Å²) in [6, 6.07) is 0.404. The van der Waals surface area contributed by atoms with E-state index in [2.05, 4.69) is 60.1 Å². The first-order chi connectivity index (χ1) is 10.0. The van der Waals surface area contributed by atoms with Gasteiger partial charge in [0.25, 0.3) is 0 Å². The first-order valence-corrected chi connectivity index (χ1v) is 8.46. The molecule has 0 spiro atoms. The Balaban J connectivity index is 1.79. The molecule has 1 saturated heterocycles. The summed E-state index contributed by atoms with van der Waals surface area (Å²) in [6.07, 6.45) is 1.14. The summed E-state index contributed by atoms with van der Waals surface area (Å²) >= 11 is 0. The minimum Gasteiger partial charge on any atom is -0.403 e. The third-order valence-electron chi connectivity index (χ3n) is 5.70. The topological polar surface area (TPSA) is 36.3 Å². The van der Waals surface area contributed by atoms with Crippen LogP contribution in [0.2, 0.25) is 5.82 Å². The van der Waals surface area contributed by atoms with Crippen LogP contribution in [0, 0.1) is 13.8 Å². The van der Waals surface area contributed by atoms with Crippen molar-refractivity contribution >= 4 is 7.12 Å². The zero-order chi connectivity index (χ0) is 16.4. The van der Waals surface area contributed by atoms with Gasteiger partial charge >= 0.3 is 7.12 Å². The summed E-state index contributed by atoms with van der Waals surface area (Å²) in [7, 11) is -0.0869. The van der Waals surface area contributed by atoms with E-state index in [1.54, 1.807) is 0 Å². The molecule has 1 aliphatic heterocycles. The van der Waals surface area contributed by atoms with Crippen LogP contribution in [0.5, 0.6) is 0 Å². The van der Waals surface area contributed by atoms with Crippen LogP contribution < -0.4 is 0 Å². The Labute approximate surface area is 134 Å². The third-order valence-corrected chi connectivity index (χ3v) is 5.70. The van der Waals surface area contributed by atoms with E-state index in [-0.39, 0.29) is 18.3 Å². The van der Waals surface area contributed by atoms with Gasteiger partial charge in [-0.05, 0) is 73.3 Å². The molecule has 2 unspecified atom stereocenters. The number of aromatic nitrogens is 2. The number of aryl methyl sites for hydroxylation is 1. The van der Waals surface area contributed by atoms with E-state index in [1.165, 1.54) is 11.3 Å². The van der Waals surface area contributed by atoms with Crippen LogP contribution in [0.4, 0.5) is 0 Å². The van der Waals surface area contributed by atoms with Crippen molar-refractivity contribution in [3.8, 4) is 0 Å². The number of hydrogen-bond donors (Lipinski definition) is 0. The first kappa shape index (κ1) is 16.1. The highest BCUT2D eigenvalue weighted by Crippen LogP contribution is 2.59. The Kier molecular flexibility index (Phi) is 3.54. The van der Waals surface area contributed by atoms with Crippen LogP contribution in [-0.4, -0.2) is 28.1 Å². The molecule has 5 heteroatoms. The molecule has 0 radical (unpaired) electrons. The van der Waals surface area contributed by atoms with Gasteiger partial charge in [0, 0.05) is 17.6 Å². The molecule has 2 atom stereocenters. The molecule has 0 amide bonds. The zero-order valence-corrected chi connectivity index (χ0v) is 15.2. The molecule has 2 fully saturated rings. The van der Waals surface area contributed by atoms with Crippen LogP contribution >= 0.6 is 0 Å². The van der Waals surface area contributed by atoms with Crippen LogP contribution in [0.25, 0.3) is 0 Å². The Morgan fingerprint density at radius 3 is 2.14 bits per heavy atom. The van der Waals surface area contributed by atoms with Crippen LogP contribution in [0.3, 0.4) is 0 Å². The van der Waals surface area contributed by atoms with Crippen molar-refractivity contribution in [3.63, 3.8) is 0 Å². The van der Waals surface area contributed by atoms with Gasteiger partial charge in [0.15, 0.2) is 0 Å².